The molecule has 0 aliphatic rings. The Morgan fingerprint density at radius 2 is 2.26 bits per heavy atom. The van der Waals surface area contributed by atoms with E-state index in [1.54, 1.807) is 0 Å². The van der Waals surface area contributed by atoms with Crippen molar-refractivity contribution >= 4 is 23.4 Å². The first-order valence-corrected chi connectivity index (χ1v) is 6.29. The molecule has 19 heavy (non-hydrogen) atoms. The van der Waals surface area contributed by atoms with Crippen LogP contribution < -0.4 is 0 Å². The number of carbonyl (C=O) groups is 1. The van der Waals surface area contributed by atoms with Crippen LogP contribution in [0.3, 0.4) is 0 Å². The molecule has 0 aromatic heterocycles. The highest BCUT2D eigenvalue weighted by molar-refractivity contribution is 7.99. The molecule has 1 aromatic rings. The standard InChI is InChI=1S/C11H12FNO5S/c1-18-3-2-4-19-10-5-7(11(14)15)8(12)6-9(10)13(16)17/h5-6H,2-4H2,1H3,(H,14,15). The first kappa shape index (κ1) is 15.4. The van der Waals surface area contributed by atoms with E-state index in [-0.39, 0.29) is 4.90 Å². The Labute approximate surface area is 112 Å². The number of rotatable bonds is 7. The lowest BCUT2D eigenvalue weighted by molar-refractivity contribution is -0.387. The largest absolute Gasteiger partial charge is 0.478 e. The van der Waals surface area contributed by atoms with Crippen molar-refractivity contribution in [2.24, 2.45) is 0 Å². The number of hydrogen-bond acceptors (Lipinski definition) is 5. The van der Waals surface area contributed by atoms with E-state index in [0.717, 1.165) is 17.8 Å². The van der Waals surface area contributed by atoms with Gasteiger partial charge in [-0.1, -0.05) is 0 Å². The van der Waals surface area contributed by atoms with Crippen molar-refractivity contribution in [1.29, 1.82) is 0 Å². The Morgan fingerprint density at radius 1 is 1.58 bits per heavy atom. The fourth-order valence-corrected chi connectivity index (χ4v) is 2.32. The number of thioether (sulfide) groups is 1. The van der Waals surface area contributed by atoms with Gasteiger partial charge in [0.25, 0.3) is 5.69 Å². The molecule has 0 atom stereocenters. The zero-order chi connectivity index (χ0) is 14.4. The van der Waals surface area contributed by atoms with Crippen molar-refractivity contribution in [3.63, 3.8) is 0 Å². The van der Waals surface area contributed by atoms with Crippen LogP contribution in [-0.2, 0) is 4.74 Å². The number of benzene rings is 1. The minimum atomic E-state index is -1.45. The summed E-state index contributed by atoms with van der Waals surface area (Å²) in [6.07, 6.45) is 0.651. The van der Waals surface area contributed by atoms with E-state index in [1.807, 2.05) is 0 Å². The molecule has 0 saturated heterocycles. The number of ether oxygens (including phenoxy) is 1. The van der Waals surface area contributed by atoms with Gasteiger partial charge in [0.15, 0.2) is 0 Å². The molecule has 0 amide bonds. The first-order valence-electron chi connectivity index (χ1n) is 5.30. The van der Waals surface area contributed by atoms with Crippen LogP contribution in [-0.4, -0.2) is 35.5 Å². The molecule has 0 unspecified atom stereocenters. The molecule has 1 N–H and O–H groups in total. The SMILES string of the molecule is COCCCSc1cc(C(=O)O)c(F)cc1[N+](=O)[O-]. The Balaban J connectivity index is 3.01. The van der Waals surface area contributed by atoms with Gasteiger partial charge in [-0.25, -0.2) is 9.18 Å². The highest BCUT2D eigenvalue weighted by atomic mass is 32.2. The molecule has 0 heterocycles. The molecule has 0 aliphatic heterocycles. The van der Waals surface area contributed by atoms with E-state index in [4.69, 9.17) is 9.84 Å². The summed E-state index contributed by atoms with van der Waals surface area (Å²) in [5.41, 5.74) is -0.996. The molecule has 0 radical (unpaired) electrons. The van der Waals surface area contributed by atoms with Crippen LogP contribution >= 0.6 is 11.8 Å². The van der Waals surface area contributed by atoms with Crippen LogP contribution in [0.4, 0.5) is 10.1 Å². The van der Waals surface area contributed by atoms with Gasteiger partial charge in [0, 0.05) is 19.5 Å². The van der Waals surface area contributed by atoms with Gasteiger partial charge in [-0.2, -0.15) is 0 Å². The third kappa shape index (κ3) is 4.18. The Morgan fingerprint density at radius 3 is 2.79 bits per heavy atom. The second-order valence-corrected chi connectivity index (χ2v) is 4.69. The summed E-state index contributed by atoms with van der Waals surface area (Å²) in [7, 11) is 1.54. The number of hydrogen-bond donors (Lipinski definition) is 1. The Bertz CT molecular complexity index is 494. The number of carboxylic acid groups (broad SMARTS) is 1. The van der Waals surface area contributed by atoms with Gasteiger partial charge in [0.2, 0.25) is 0 Å². The second-order valence-electron chi connectivity index (χ2n) is 3.56. The molecular weight excluding hydrogens is 277 g/mol. The average Bonchev–Trinajstić information content (AvgIpc) is 2.35. The fourth-order valence-electron chi connectivity index (χ4n) is 1.35. The number of methoxy groups -OCH3 is 1. The molecule has 8 heteroatoms. The number of nitro benzene ring substituents is 1. The molecule has 0 fully saturated rings. The summed E-state index contributed by atoms with van der Waals surface area (Å²) in [5.74, 6) is -2.05. The minimum Gasteiger partial charge on any atom is -0.478 e. The van der Waals surface area contributed by atoms with Gasteiger partial charge in [0.1, 0.15) is 5.82 Å². The molecule has 6 nitrogen and oxygen atoms in total. The predicted molar refractivity (Wildman–Crippen MR) is 67.2 cm³/mol. The first-order chi connectivity index (χ1) is 8.97. The maximum Gasteiger partial charge on any atom is 0.338 e. The monoisotopic (exact) mass is 289 g/mol. The Kier molecular flexibility index (Phi) is 5.71. The van der Waals surface area contributed by atoms with Gasteiger partial charge in [-0.15, -0.1) is 11.8 Å². The minimum absolute atomic E-state index is 0.139. The Hall–Kier alpha value is -1.67. The molecule has 0 saturated carbocycles. The van der Waals surface area contributed by atoms with E-state index in [0.29, 0.717) is 24.8 Å². The number of halogens is 1. The van der Waals surface area contributed by atoms with Crippen LogP contribution in [0.25, 0.3) is 0 Å². The fraction of sp³-hybridized carbons (Fsp3) is 0.364. The second kappa shape index (κ2) is 7.05. The van der Waals surface area contributed by atoms with Gasteiger partial charge in [0.05, 0.1) is 21.4 Å². The predicted octanol–water partition coefficient (Wildman–Crippen LogP) is 2.56. The number of carboxylic acids is 1. The van der Waals surface area contributed by atoms with Crippen molar-refractivity contribution in [3.05, 3.63) is 33.6 Å². The molecule has 104 valence electrons. The van der Waals surface area contributed by atoms with Crippen molar-refractivity contribution in [2.75, 3.05) is 19.5 Å². The topological polar surface area (TPSA) is 89.7 Å². The average molecular weight is 289 g/mol. The van der Waals surface area contributed by atoms with Crippen molar-refractivity contribution in [3.8, 4) is 0 Å². The lowest BCUT2D eigenvalue weighted by Gasteiger charge is -2.05. The zero-order valence-electron chi connectivity index (χ0n) is 10.1. The highest BCUT2D eigenvalue weighted by Crippen LogP contribution is 2.32. The zero-order valence-corrected chi connectivity index (χ0v) is 10.9. The van der Waals surface area contributed by atoms with Crippen molar-refractivity contribution < 1.29 is 24.0 Å². The van der Waals surface area contributed by atoms with Crippen molar-refractivity contribution in [2.45, 2.75) is 11.3 Å². The van der Waals surface area contributed by atoms with Crippen molar-refractivity contribution in [1.82, 2.24) is 0 Å². The van der Waals surface area contributed by atoms with Crippen LogP contribution in [0.15, 0.2) is 17.0 Å². The molecule has 0 spiro atoms. The lowest BCUT2D eigenvalue weighted by atomic mass is 10.2. The van der Waals surface area contributed by atoms with Crippen LogP contribution in [0.2, 0.25) is 0 Å². The maximum atomic E-state index is 13.4. The van der Waals surface area contributed by atoms with E-state index in [2.05, 4.69) is 0 Å². The van der Waals surface area contributed by atoms with E-state index in [1.165, 1.54) is 7.11 Å². The quantitative estimate of drug-likeness (QED) is 0.359. The molecular formula is C11H12FNO5S. The van der Waals surface area contributed by atoms with Crippen LogP contribution in [0.5, 0.6) is 0 Å². The van der Waals surface area contributed by atoms with Crippen LogP contribution in [0, 0.1) is 15.9 Å². The highest BCUT2D eigenvalue weighted by Gasteiger charge is 2.21. The number of aromatic carboxylic acids is 1. The molecule has 1 rings (SSSR count). The summed E-state index contributed by atoms with van der Waals surface area (Å²) < 4.78 is 18.2. The normalized spacial score (nSPS) is 10.4. The van der Waals surface area contributed by atoms with Gasteiger partial charge in [-0.05, 0) is 12.5 Å². The molecule has 0 aliphatic carbocycles. The molecule has 0 bridgehead atoms. The smallest absolute Gasteiger partial charge is 0.338 e. The maximum absolute atomic E-state index is 13.4. The number of nitrogens with zero attached hydrogens (tertiary/aromatic N) is 1. The van der Waals surface area contributed by atoms with Gasteiger partial charge < -0.3 is 9.84 Å². The lowest BCUT2D eigenvalue weighted by Crippen LogP contribution is -2.03. The number of nitro groups is 1. The summed E-state index contributed by atoms with van der Waals surface area (Å²) >= 11 is 1.10. The van der Waals surface area contributed by atoms with E-state index in [9.17, 15) is 19.3 Å². The van der Waals surface area contributed by atoms with Crippen LogP contribution in [0.1, 0.15) is 16.8 Å². The molecule has 1 aromatic carbocycles. The van der Waals surface area contributed by atoms with Gasteiger partial charge in [-0.3, -0.25) is 10.1 Å². The third-order valence-corrected chi connectivity index (χ3v) is 3.36. The van der Waals surface area contributed by atoms with E-state index < -0.39 is 28.0 Å². The third-order valence-electron chi connectivity index (χ3n) is 2.23. The van der Waals surface area contributed by atoms with E-state index >= 15 is 0 Å². The summed E-state index contributed by atoms with van der Waals surface area (Å²) in [6.45, 7) is 0.494. The summed E-state index contributed by atoms with van der Waals surface area (Å²) in [6, 6.07) is 1.63. The summed E-state index contributed by atoms with van der Waals surface area (Å²) in [5, 5.41) is 19.6. The van der Waals surface area contributed by atoms with Gasteiger partial charge >= 0.3 is 5.97 Å². The summed E-state index contributed by atoms with van der Waals surface area (Å²) in [4.78, 5) is 21.0.